The summed E-state index contributed by atoms with van der Waals surface area (Å²) in [6, 6.07) is 7.73. The summed E-state index contributed by atoms with van der Waals surface area (Å²) in [6.45, 7) is 1.49. The van der Waals surface area contributed by atoms with Gasteiger partial charge in [-0.15, -0.1) is 0 Å². The van der Waals surface area contributed by atoms with Crippen molar-refractivity contribution in [1.82, 2.24) is 0 Å². The van der Waals surface area contributed by atoms with Crippen LogP contribution in [0.25, 0.3) is 0 Å². The third-order valence-electron chi connectivity index (χ3n) is 3.11. The maximum absolute atomic E-state index is 14.0. The highest BCUT2D eigenvalue weighted by Crippen LogP contribution is 2.32. The number of rotatable bonds is 4. The number of aliphatic carboxylic acids is 1. The Morgan fingerprint density at radius 2 is 2.21 bits per heavy atom. The molecular formula is C14H12BrFO3. The number of carboxylic acid groups (broad SMARTS) is 1. The quantitative estimate of drug-likeness (QED) is 0.930. The third-order valence-corrected chi connectivity index (χ3v) is 3.60. The highest BCUT2D eigenvalue weighted by atomic mass is 79.9. The minimum Gasteiger partial charge on any atom is -0.481 e. The van der Waals surface area contributed by atoms with Gasteiger partial charge in [-0.1, -0.05) is 22.0 Å². The molecule has 1 heterocycles. The first-order chi connectivity index (χ1) is 8.93. The van der Waals surface area contributed by atoms with E-state index in [9.17, 15) is 14.3 Å². The van der Waals surface area contributed by atoms with Gasteiger partial charge >= 0.3 is 5.97 Å². The van der Waals surface area contributed by atoms with E-state index in [-0.39, 0.29) is 12.0 Å². The number of carboxylic acids is 1. The van der Waals surface area contributed by atoms with E-state index in [2.05, 4.69) is 15.9 Å². The average molecular weight is 327 g/mol. The number of halogens is 2. The van der Waals surface area contributed by atoms with Crippen LogP contribution < -0.4 is 0 Å². The lowest BCUT2D eigenvalue weighted by Crippen LogP contribution is -2.35. The second kappa shape index (κ2) is 5.17. The van der Waals surface area contributed by atoms with Gasteiger partial charge in [0, 0.05) is 16.5 Å². The fourth-order valence-corrected chi connectivity index (χ4v) is 2.32. The standard InChI is InChI=1S/C14H12BrFO3/c1-14(13(17)18,8-10-3-2-6-19-10)11-5-4-9(15)7-12(11)16/h2-7H,8H2,1H3,(H,17,18). The molecule has 0 fully saturated rings. The van der Waals surface area contributed by atoms with Crippen molar-refractivity contribution in [3.8, 4) is 0 Å². The van der Waals surface area contributed by atoms with E-state index in [1.807, 2.05) is 0 Å². The van der Waals surface area contributed by atoms with Crippen molar-refractivity contribution in [3.63, 3.8) is 0 Å². The van der Waals surface area contributed by atoms with Crippen LogP contribution in [0.1, 0.15) is 18.2 Å². The molecular weight excluding hydrogens is 315 g/mol. The van der Waals surface area contributed by atoms with Gasteiger partial charge in [0.1, 0.15) is 11.6 Å². The summed E-state index contributed by atoms with van der Waals surface area (Å²) in [5.41, 5.74) is -1.23. The van der Waals surface area contributed by atoms with Crippen LogP contribution in [0.2, 0.25) is 0 Å². The van der Waals surface area contributed by atoms with E-state index in [0.717, 1.165) is 0 Å². The van der Waals surface area contributed by atoms with E-state index >= 15 is 0 Å². The average Bonchev–Trinajstić information content (AvgIpc) is 2.81. The van der Waals surface area contributed by atoms with Crippen molar-refractivity contribution in [2.75, 3.05) is 0 Å². The fraction of sp³-hybridized carbons (Fsp3) is 0.214. The molecule has 1 N–H and O–H groups in total. The second-order valence-corrected chi connectivity index (χ2v) is 5.43. The van der Waals surface area contributed by atoms with Crippen LogP contribution in [0.3, 0.4) is 0 Å². The number of hydrogen-bond donors (Lipinski definition) is 1. The van der Waals surface area contributed by atoms with Gasteiger partial charge in [-0.3, -0.25) is 4.79 Å². The lowest BCUT2D eigenvalue weighted by Gasteiger charge is -2.25. The molecule has 2 aromatic rings. The van der Waals surface area contributed by atoms with Gasteiger partial charge in [-0.25, -0.2) is 4.39 Å². The van der Waals surface area contributed by atoms with Gasteiger partial charge in [-0.05, 0) is 31.2 Å². The van der Waals surface area contributed by atoms with Crippen LogP contribution in [0, 0.1) is 5.82 Å². The second-order valence-electron chi connectivity index (χ2n) is 4.52. The van der Waals surface area contributed by atoms with E-state index in [1.54, 1.807) is 18.2 Å². The monoisotopic (exact) mass is 326 g/mol. The molecule has 100 valence electrons. The molecule has 0 aliphatic rings. The maximum Gasteiger partial charge on any atom is 0.314 e. The van der Waals surface area contributed by atoms with Crippen LogP contribution in [0.4, 0.5) is 4.39 Å². The molecule has 1 aromatic carbocycles. The lowest BCUT2D eigenvalue weighted by atomic mass is 9.78. The van der Waals surface area contributed by atoms with Gasteiger partial charge in [0.25, 0.3) is 0 Å². The molecule has 0 aliphatic carbocycles. The van der Waals surface area contributed by atoms with Crippen molar-refractivity contribution in [3.05, 3.63) is 58.2 Å². The van der Waals surface area contributed by atoms with Crippen molar-refractivity contribution in [2.45, 2.75) is 18.8 Å². The normalized spacial score (nSPS) is 14.1. The molecule has 1 unspecified atom stereocenters. The summed E-state index contributed by atoms with van der Waals surface area (Å²) in [6.07, 6.45) is 1.56. The van der Waals surface area contributed by atoms with Crippen molar-refractivity contribution in [1.29, 1.82) is 0 Å². The molecule has 3 nitrogen and oxygen atoms in total. The zero-order valence-electron chi connectivity index (χ0n) is 10.2. The Bertz CT molecular complexity index is 595. The number of benzene rings is 1. The molecule has 0 radical (unpaired) electrons. The van der Waals surface area contributed by atoms with Gasteiger partial charge in [-0.2, -0.15) is 0 Å². The van der Waals surface area contributed by atoms with Crippen molar-refractivity contribution < 1.29 is 18.7 Å². The first-order valence-corrected chi connectivity index (χ1v) is 6.44. The van der Waals surface area contributed by atoms with Crippen LogP contribution >= 0.6 is 15.9 Å². The smallest absolute Gasteiger partial charge is 0.314 e. The zero-order valence-corrected chi connectivity index (χ0v) is 11.8. The molecule has 0 amide bonds. The summed E-state index contributed by atoms with van der Waals surface area (Å²) in [4.78, 5) is 11.6. The van der Waals surface area contributed by atoms with Gasteiger partial charge in [0.15, 0.2) is 0 Å². The Balaban J connectivity index is 2.47. The zero-order chi connectivity index (χ0) is 14.0. The first kappa shape index (κ1) is 13.8. The Morgan fingerprint density at radius 3 is 2.74 bits per heavy atom. The highest BCUT2D eigenvalue weighted by Gasteiger charge is 2.38. The Labute approximate surface area is 118 Å². The molecule has 19 heavy (non-hydrogen) atoms. The predicted molar refractivity (Wildman–Crippen MR) is 71.5 cm³/mol. The van der Waals surface area contributed by atoms with Crippen molar-refractivity contribution in [2.24, 2.45) is 0 Å². The van der Waals surface area contributed by atoms with Crippen LogP contribution in [0.15, 0.2) is 45.5 Å². The molecule has 1 atom stereocenters. The number of furan rings is 1. The van der Waals surface area contributed by atoms with E-state index in [0.29, 0.717) is 10.2 Å². The van der Waals surface area contributed by atoms with Crippen LogP contribution in [-0.4, -0.2) is 11.1 Å². The molecule has 0 spiro atoms. The maximum atomic E-state index is 14.0. The number of hydrogen-bond acceptors (Lipinski definition) is 2. The van der Waals surface area contributed by atoms with Crippen LogP contribution in [0.5, 0.6) is 0 Å². The summed E-state index contributed by atoms with van der Waals surface area (Å²) < 4.78 is 19.7. The number of carbonyl (C=O) groups is 1. The molecule has 2 rings (SSSR count). The summed E-state index contributed by atoms with van der Waals surface area (Å²) >= 11 is 3.15. The van der Waals surface area contributed by atoms with E-state index < -0.39 is 17.2 Å². The minimum absolute atomic E-state index is 0.0912. The first-order valence-electron chi connectivity index (χ1n) is 5.65. The van der Waals surface area contributed by atoms with Gasteiger partial charge < -0.3 is 9.52 Å². The molecule has 0 aliphatic heterocycles. The summed E-state index contributed by atoms with van der Waals surface area (Å²) in [7, 11) is 0. The molecule has 0 saturated heterocycles. The Kier molecular flexibility index (Phi) is 3.75. The molecule has 0 saturated carbocycles. The predicted octanol–water partition coefficient (Wildman–Crippen LogP) is 3.77. The lowest BCUT2D eigenvalue weighted by molar-refractivity contribution is -0.143. The van der Waals surface area contributed by atoms with Crippen LogP contribution in [-0.2, 0) is 16.6 Å². The van der Waals surface area contributed by atoms with E-state index in [1.165, 1.54) is 25.3 Å². The highest BCUT2D eigenvalue weighted by molar-refractivity contribution is 9.10. The Morgan fingerprint density at radius 1 is 1.47 bits per heavy atom. The topological polar surface area (TPSA) is 50.4 Å². The summed E-state index contributed by atoms with van der Waals surface area (Å²) in [5, 5.41) is 9.46. The molecule has 5 heteroatoms. The Hall–Kier alpha value is -1.62. The third kappa shape index (κ3) is 2.71. The van der Waals surface area contributed by atoms with Gasteiger partial charge in [0.2, 0.25) is 0 Å². The molecule has 0 bridgehead atoms. The fourth-order valence-electron chi connectivity index (χ4n) is 1.98. The van der Waals surface area contributed by atoms with Crippen molar-refractivity contribution >= 4 is 21.9 Å². The van der Waals surface area contributed by atoms with Gasteiger partial charge in [0.05, 0.1) is 11.7 Å². The SMILES string of the molecule is CC(Cc1ccco1)(C(=O)O)c1ccc(Br)cc1F. The molecule has 1 aromatic heterocycles. The largest absolute Gasteiger partial charge is 0.481 e. The summed E-state index contributed by atoms with van der Waals surface area (Å²) in [5.74, 6) is -1.14. The van der Waals surface area contributed by atoms with E-state index in [4.69, 9.17) is 4.42 Å². The minimum atomic E-state index is -1.37.